The Morgan fingerprint density at radius 3 is 2.73 bits per heavy atom. The molecule has 0 aromatic heterocycles. The summed E-state index contributed by atoms with van der Waals surface area (Å²) in [4.78, 5) is 12.2. The van der Waals surface area contributed by atoms with Gasteiger partial charge < -0.3 is 24.7 Å². The fraction of sp³-hybridized carbons (Fsp3) is 0.222. The van der Waals surface area contributed by atoms with Gasteiger partial charge in [0.1, 0.15) is 5.75 Å². The predicted octanol–water partition coefficient (Wildman–Crippen LogP) is 3.68. The minimum absolute atomic E-state index is 0.218. The first kappa shape index (κ1) is 19.6. The van der Waals surface area contributed by atoms with Crippen LogP contribution in [0.4, 0.5) is 5.69 Å². The minimum Gasteiger partial charge on any atom is -0.495 e. The summed E-state index contributed by atoms with van der Waals surface area (Å²) in [5, 5.41) is 14.4. The van der Waals surface area contributed by atoms with Crippen LogP contribution >= 0.6 is 15.9 Å². The molecule has 7 nitrogen and oxygen atoms in total. The number of hydrogen-bond donors (Lipinski definition) is 2. The van der Waals surface area contributed by atoms with Gasteiger partial charge in [-0.05, 0) is 47.1 Å². The fourth-order valence-corrected chi connectivity index (χ4v) is 2.78. The van der Waals surface area contributed by atoms with E-state index in [2.05, 4.69) is 26.4 Å². The van der Waals surface area contributed by atoms with Crippen LogP contribution in [0.3, 0.4) is 0 Å². The van der Waals surface area contributed by atoms with Gasteiger partial charge in [0, 0.05) is 5.56 Å². The topological polar surface area (TPSA) is 89.4 Å². The van der Waals surface area contributed by atoms with Crippen molar-refractivity contribution in [2.45, 2.75) is 6.92 Å². The molecule has 0 radical (unpaired) electrons. The molecule has 2 aromatic rings. The molecule has 0 saturated heterocycles. The van der Waals surface area contributed by atoms with Crippen LogP contribution in [0.15, 0.2) is 46.0 Å². The Bertz CT molecular complexity index is 795. The van der Waals surface area contributed by atoms with Crippen LogP contribution in [-0.4, -0.2) is 37.7 Å². The van der Waals surface area contributed by atoms with Gasteiger partial charge in [0.25, 0.3) is 5.91 Å². The van der Waals surface area contributed by atoms with Gasteiger partial charge in [-0.2, -0.15) is 0 Å². The quantitative estimate of drug-likeness (QED) is 0.384. The first-order valence-electron chi connectivity index (χ1n) is 7.78. The summed E-state index contributed by atoms with van der Waals surface area (Å²) in [6.45, 7) is 2.03. The van der Waals surface area contributed by atoms with Crippen LogP contribution in [0.2, 0.25) is 0 Å². The van der Waals surface area contributed by atoms with Gasteiger partial charge in [-0.25, -0.2) is 0 Å². The van der Waals surface area contributed by atoms with Crippen molar-refractivity contribution in [1.82, 2.24) is 0 Å². The SMILES string of the molecule is CCOc1cc(/C=N/O)cc(Br)c1OCC(=O)Nc1ccccc1OC. The Labute approximate surface area is 159 Å². The Balaban J connectivity index is 2.11. The summed E-state index contributed by atoms with van der Waals surface area (Å²) in [5.74, 6) is 1.04. The Hall–Kier alpha value is -2.74. The third-order valence-electron chi connectivity index (χ3n) is 3.27. The van der Waals surface area contributed by atoms with Gasteiger partial charge in [0.2, 0.25) is 0 Å². The molecule has 0 unspecified atom stereocenters. The smallest absolute Gasteiger partial charge is 0.262 e. The van der Waals surface area contributed by atoms with Crippen LogP contribution in [0.1, 0.15) is 12.5 Å². The van der Waals surface area contributed by atoms with E-state index in [1.165, 1.54) is 13.3 Å². The zero-order valence-corrected chi connectivity index (χ0v) is 15.9. The van der Waals surface area contributed by atoms with E-state index in [9.17, 15) is 4.79 Å². The highest BCUT2D eigenvalue weighted by molar-refractivity contribution is 9.10. The van der Waals surface area contributed by atoms with Gasteiger partial charge in [-0.15, -0.1) is 0 Å². The maximum absolute atomic E-state index is 12.2. The molecule has 0 aliphatic heterocycles. The van der Waals surface area contributed by atoms with Crippen LogP contribution in [0, 0.1) is 0 Å². The van der Waals surface area contributed by atoms with E-state index in [0.29, 0.717) is 39.6 Å². The molecule has 0 bridgehead atoms. The molecule has 0 aliphatic rings. The molecule has 0 heterocycles. The number of nitrogens with one attached hydrogen (secondary N) is 1. The minimum atomic E-state index is -0.343. The number of methoxy groups -OCH3 is 1. The van der Waals surface area contributed by atoms with Gasteiger partial charge in [-0.3, -0.25) is 4.79 Å². The van der Waals surface area contributed by atoms with Crippen LogP contribution in [0.5, 0.6) is 17.2 Å². The number of nitrogens with zero attached hydrogens (tertiary/aromatic N) is 1. The highest BCUT2D eigenvalue weighted by Gasteiger charge is 2.14. The average molecular weight is 423 g/mol. The van der Waals surface area contributed by atoms with Crippen molar-refractivity contribution in [2.24, 2.45) is 5.16 Å². The van der Waals surface area contributed by atoms with Crippen molar-refractivity contribution in [2.75, 3.05) is 25.6 Å². The number of anilines is 1. The normalized spacial score (nSPS) is 10.6. The van der Waals surface area contributed by atoms with E-state index >= 15 is 0 Å². The molecule has 0 aliphatic carbocycles. The molecule has 2 N–H and O–H groups in total. The van der Waals surface area contributed by atoms with E-state index in [-0.39, 0.29) is 12.5 Å². The van der Waals surface area contributed by atoms with Gasteiger partial charge in [0.15, 0.2) is 18.1 Å². The summed E-state index contributed by atoms with van der Waals surface area (Å²) < 4.78 is 16.9. The van der Waals surface area contributed by atoms with Crippen molar-refractivity contribution < 1.29 is 24.2 Å². The van der Waals surface area contributed by atoms with Crippen LogP contribution in [-0.2, 0) is 4.79 Å². The molecule has 0 spiro atoms. The van der Waals surface area contributed by atoms with E-state index in [4.69, 9.17) is 19.4 Å². The molecule has 2 aromatic carbocycles. The second kappa shape index (κ2) is 9.67. The van der Waals surface area contributed by atoms with E-state index in [1.54, 1.807) is 30.3 Å². The number of carbonyl (C=O) groups is 1. The van der Waals surface area contributed by atoms with Crippen LogP contribution in [0.25, 0.3) is 0 Å². The van der Waals surface area contributed by atoms with Crippen molar-refractivity contribution in [3.63, 3.8) is 0 Å². The number of amides is 1. The van der Waals surface area contributed by atoms with Crippen molar-refractivity contribution in [3.8, 4) is 17.2 Å². The molecule has 138 valence electrons. The Morgan fingerprint density at radius 2 is 2.04 bits per heavy atom. The number of ether oxygens (including phenoxy) is 3. The summed E-state index contributed by atoms with van der Waals surface area (Å²) >= 11 is 3.38. The Morgan fingerprint density at radius 1 is 1.27 bits per heavy atom. The number of halogens is 1. The molecule has 0 atom stereocenters. The van der Waals surface area contributed by atoms with Crippen LogP contribution < -0.4 is 19.5 Å². The molecule has 0 fully saturated rings. The third-order valence-corrected chi connectivity index (χ3v) is 3.86. The number of rotatable bonds is 8. The number of para-hydroxylation sites is 2. The number of hydrogen-bond acceptors (Lipinski definition) is 6. The monoisotopic (exact) mass is 422 g/mol. The highest BCUT2D eigenvalue weighted by Crippen LogP contribution is 2.36. The maximum atomic E-state index is 12.2. The summed E-state index contributed by atoms with van der Waals surface area (Å²) in [6, 6.07) is 10.4. The summed E-state index contributed by atoms with van der Waals surface area (Å²) in [7, 11) is 1.53. The highest BCUT2D eigenvalue weighted by atomic mass is 79.9. The Kier molecular flexibility index (Phi) is 7.28. The second-order valence-electron chi connectivity index (χ2n) is 5.04. The van der Waals surface area contributed by atoms with Crippen molar-refractivity contribution in [1.29, 1.82) is 0 Å². The molecule has 1 amide bonds. The van der Waals surface area contributed by atoms with Gasteiger partial charge in [0.05, 0.1) is 30.1 Å². The first-order valence-corrected chi connectivity index (χ1v) is 8.57. The summed E-state index contributed by atoms with van der Waals surface area (Å²) in [5.41, 5.74) is 1.18. The van der Waals surface area contributed by atoms with E-state index in [1.807, 2.05) is 13.0 Å². The number of benzene rings is 2. The van der Waals surface area contributed by atoms with Crippen molar-refractivity contribution >= 4 is 33.7 Å². The predicted molar refractivity (Wildman–Crippen MR) is 102 cm³/mol. The molecule has 8 heteroatoms. The molecule has 26 heavy (non-hydrogen) atoms. The van der Waals surface area contributed by atoms with Crippen molar-refractivity contribution in [3.05, 3.63) is 46.4 Å². The number of oxime groups is 1. The number of carbonyl (C=O) groups excluding carboxylic acids is 1. The standard InChI is InChI=1S/C18H19BrN2O5/c1-3-25-16-9-12(10-20-23)8-13(19)18(16)26-11-17(22)21-14-6-4-5-7-15(14)24-2/h4-10,23H,3,11H2,1-2H3,(H,21,22)/b20-10+. The first-order chi connectivity index (χ1) is 12.6. The average Bonchev–Trinajstić information content (AvgIpc) is 2.62. The molecular formula is C18H19BrN2O5. The third kappa shape index (κ3) is 5.13. The lowest BCUT2D eigenvalue weighted by Gasteiger charge is -2.15. The van der Waals surface area contributed by atoms with E-state index in [0.717, 1.165) is 0 Å². The lowest BCUT2D eigenvalue weighted by Crippen LogP contribution is -2.21. The lowest BCUT2D eigenvalue weighted by molar-refractivity contribution is -0.118. The fourth-order valence-electron chi connectivity index (χ4n) is 2.20. The molecule has 2 rings (SSSR count). The lowest BCUT2D eigenvalue weighted by atomic mass is 10.2. The van der Waals surface area contributed by atoms with E-state index < -0.39 is 0 Å². The zero-order chi connectivity index (χ0) is 18.9. The zero-order valence-electron chi connectivity index (χ0n) is 14.4. The second-order valence-corrected chi connectivity index (χ2v) is 5.90. The molecular weight excluding hydrogens is 404 g/mol. The van der Waals surface area contributed by atoms with Gasteiger partial charge in [-0.1, -0.05) is 17.3 Å². The largest absolute Gasteiger partial charge is 0.495 e. The molecule has 0 saturated carbocycles. The maximum Gasteiger partial charge on any atom is 0.262 e. The summed E-state index contributed by atoms with van der Waals surface area (Å²) in [6.07, 6.45) is 1.27. The van der Waals surface area contributed by atoms with Gasteiger partial charge >= 0.3 is 0 Å².